The molecular formula is C22H33IN6. The molecule has 1 saturated heterocycles. The Labute approximate surface area is 191 Å². The van der Waals surface area contributed by atoms with Crippen LogP contribution in [0.1, 0.15) is 31.2 Å². The molecule has 0 aliphatic carbocycles. The minimum absolute atomic E-state index is 0. The van der Waals surface area contributed by atoms with Gasteiger partial charge < -0.3 is 14.8 Å². The average Bonchev–Trinajstić information content (AvgIpc) is 3.19. The van der Waals surface area contributed by atoms with Crippen molar-refractivity contribution in [3.63, 3.8) is 0 Å². The molecule has 3 rings (SSSR count). The average molecular weight is 508 g/mol. The molecular weight excluding hydrogens is 475 g/mol. The lowest BCUT2D eigenvalue weighted by Crippen LogP contribution is -2.46. The van der Waals surface area contributed by atoms with Crippen molar-refractivity contribution in [3.05, 3.63) is 60.7 Å². The van der Waals surface area contributed by atoms with Crippen LogP contribution in [0.4, 0.5) is 0 Å². The van der Waals surface area contributed by atoms with Gasteiger partial charge in [-0.15, -0.1) is 40.8 Å². The molecule has 0 amide bonds. The Morgan fingerprint density at radius 1 is 1.28 bits per heavy atom. The van der Waals surface area contributed by atoms with Crippen LogP contribution < -0.4 is 5.32 Å². The number of aliphatic imine (C=N–C) groups is 1. The number of rotatable bonds is 8. The molecule has 0 spiro atoms. The van der Waals surface area contributed by atoms with Crippen molar-refractivity contribution in [2.24, 2.45) is 10.9 Å². The highest BCUT2D eigenvalue weighted by Gasteiger charge is 2.21. The molecule has 1 aliphatic heterocycles. The number of aromatic nitrogens is 3. The maximum Gasteiger partial charge on any atom is 0.194 e. The molecule has 1 aliphatic rings. The number of benzene rings is 1. The standard InChI is InChI=1S/C22H32N6.HI/c1-3-12-23-22(24-13-16-28-18-25-26-21(28)4-2)27-14-10-20(11-15-27)17-19-8-6-5-7-9-19;/h3,5-9,18,20H,1,4,10-17H2,2H3,(H,23,24);1H. The van der Waals surface area contributed by atoms with E-state index in [4.69, 9.17) is 4.99 Å². The summed E-state index contributed by atoms with van der Waals surface area (Å²) in [5.41, 5.74) is 1.44. The molecule has 29 heavy (non-hydrogen) atoms. The summed E-state index contributed by atoms with van der Waals surface area (Å²) >= 11 is 0. The second-order valence-electron chi connectivity index (χ2n) is 7.29. The first-order valence-corrected chi connectivity index (χ1v) is 10.3. The van der Waals surface area contributed by atoms with Crippen molar-refractivity contribution in [2.45, 2.75) is 39.2 Å². The highest BCUT2D eigenvalue weighted by atomic mass is 127. The highest BCUT2D eigenvalue weighted by molar-refractivity contribution is 14.0. The van der Waals surface area contributed by atoms with Crippen molar-refractivity contribution in [2.75, 3.05) is 26.2 Å². The van der Waals surface area contributed by atoms with Gasteiger partial charge in [0.05, 0.1) is 6.54 Å². The van der Waals surface area contributed by atoms with E-state index in [1.54, 1.807) is 6.33 Å². The van der Waals surface area contributed by atoms with Gasteiger partial charge in [-0.2, -0.15) is 0 Å². The minimum Gasteiger partial charge on any atom is -0.353 e. The summed E-state index contributed by atoms with van der Waals surface area (Å²) in [5.74, 6) is 2.75. The maximum absolute atomic E-state index is 4.85. The lowest BCUT2D eigenvalue weighted by Gasteiger charge is -2.34. The minimum atomic E-state index is 0. The lowest BCUT2D eigenvalue weighted by atomic mass is 9.90. The largest absolute Gasteiger partial charge is 0.353 e. The van der Waals surface area contributed by atoms with Crippen LogP contribution in [0.2, 0.25) is 0 Å². The van der Waals surface area contributed by atoms with Crippen molar-refractivity contribution >= 4 is 29.9 Å². The summed E-state index contributed by atoms with van der Waals surface area (Å²) in [6.07, 6.45) is 8.14. The Kier molecular flexibility index (Phi) is 10.2. The maximum atomic E-state index is 4.85. The van der Waals surface area contributed by atoms with Crippen LogP contribution in [0.3, 0.4) is 0 Å². The predicted octanol–water partition coefficient (Wildman–Crippen LogP) is 3.54. The number of guanidine groups is 1. The quantitative estimate of drug-likeness (QED) is 0.257. The number of likely N-dealkylation sites (tertiary alicyclic amines) is 1. The fraction of sp³-hybridized carbons (Fsp3) is 0.500. The van der Waals surface area contributed by atoms with Gasteiger partial charge in [-0.1, -0.05) is 43.3 Å². The van der Waals surface area contributed by atoms with Crippen molar-refractivity contribution in [3.8, 4) is 0 Å². The van der Waals surface area contributed by atoms with E-state index in [0.29, 0.717) is 6.54 Å². The number of nitrogens with one attached hydrogen (secondary N) is 1. The van der Waals surface area contributed by atoms with E-state index in [1.807, 2.05) is 6.08 Å². The molecule has 2 heterocycles. The summed E-state index contributed by atoms with van der Waals surface area (Å²) in [5, 5.41) is 11.6. The molecule has 0 atom stereocenters. The fourth-order valence-corrected chi connectivity index (χ4v) is 3.73. The van der Waals surface area contributed by atoms with Crippen LogP contribution in [0.15, 0.2) is 54.3 Å². The zero-order valence-electron chi connectivity index (χ0n) is 17.3. The van der Waals surface area contributed by atoms with Gasteiger partial charge in [-0.25, -0.2) is 0 Å². The van der Waals surface area contributed by atoms with Gasteiger partial charge in [0, 0.05) is 32.6 Å². The number of aryl methyl sites for hydroxylation is 1. The van der Waals surface area contributed by atoms with Gasteiger partial charge in [-0.05, 0) is 30.7 Å². The van der Waals surface area contributed by atoms with Crippen LogP contribution in [0.25, 0.3) is 0 Å². The van der Waals surface area contributed by atoms with Crippen LogP contribution in [-0.2, 0) is 19.4 Å². The van der Waals surface area contributed by atoms with Gasteiger partial charge in [0.15, 0.2) is 5.96 Å². The predicted molar refractivity (Wildman–Crippen MR) is 130 cm³/mol. The van der Waals surface area contributed by atoms with Gasteiger partial charge in [0.25, 0.3) is 0 Å². The summed E-state index contributed by atoms with van der Waals surface area (Å²) in [6.45, 7) is 10.3. The highest BCUT2D eigenvalue weighted by Crippen LogP contribution is 2.21. The van der Waals surface area contributed by atoms with E-state index >= 15 is 0 Å². The van der Waals surface area contributed by atoms with E-state index in [1.165, 1.54) is 24.8 Å². The summed E-state index contributed by atoms with van der Waals surface area (Å²) in [7, 11) is 0. The third-order valence-corrected chi connectivity index (χ3v) is 5.30. The Morgan fingerprint density at radius 3 is 2.72 bits per heavy atom. The molecule has 0 unspecified atom stereocenters. The van der Waals surface area contributed by atoms with Gasteiger partial charge in [0.1, 0.15) is 12.2 Å². The molecule has 1 aromatic heterocycles. The van der Waals surface area contributed by atoms with Crippen LogP contribution in [-0.4, -0.2) is 51.8 Å². The van der Waals surface area contributed by atoms with Crippen LogP contribution in [0, 0.1) is 5.92 Å². The molecule has 1 fully saturated rings. The number of hydrogen-bond acceptors (Lipinski definition) is 3. The van der Waals surface area contributed by atoms with Crippen molar-refractivity contribution in [1.29, 1.82) is 0 Å². The number of piperidine rings is 1. The Hall–Kier alpha value is -1.90. The molecule has 6 nitrogen and oxygen atoms in total. The lowest BCUT2D eigenvalue weighted by molar-refractivity contribution is 0.259. The van der Waals surface area contributed by atoms with Crippen molar-refractivity contribution in [1.82, 2.24) is 25.0 Å². The summed E-state index contributed by atoms with van der Waals surface area (Å²) in [6, 6.07) is 10.8. The second kappa shape index (κ2) is 12.6. The summed E-state index contributed by atoms with van der Waals surface area (Å²) < 4.78 is 2.08. The van der Waals surface area contributed by atoms with Gasteiger partial charge >= 0.3 is 0 Å². The molecule has 0 radical (unpaired) electrons. The van der Waals surface area contributed by atoms with Crippen LogP contribution >= 0.6 is 24.0 Å². The molecule has 7 heteroatoms. The Morgan fingerprint density at radius 2 is 2.03 bits per heavy atom. The first-order valence-electron chi connectivity index (χ1n) is 10.3. The summed E-state index contributed by atoms with van der Waals surface area (Å²) in [4.78, 5) is 7.24. The van der Waals surface area contributed by atoms with E-state index in [9.17, 15) is 0 Å². The van der Waals surface area contributed by atoms with Crippen LogP contribution in [0.5, 0.6) is 0 Å². The van der Waals surface area contributed by atoms with Gasteiger partial charge in [0.2, 0.25) is 0 Å². The second-order valence-corrected chi connectivity index (χ2v) is 7.29. The zero-order valence-corrected chi connectivity index (χ0v) is 19.7. The number of hydrogen-bond donors (Lipinski definition) is 1. The number of nitrogens with zero attached hydrogens (tertiary/aromatic N) is 5. The SMILES string of the molecule is C=CCNC(=NCCn1cnnc1CC)N1CCC(Cc2ccccc2)CC1.I. The zero-order chi connectivity index (χ0) is 19.6. The third kappa shape index (κ3) is 7.13. The van der Waals surface area contributed by atoms with E-state index < -0.39 is 0 Å². The topological polar surface area (TPSA) is 58.3 Å². The van der Waals surface area contributed by atoms with E-state index in [2.05, 4.69) is 68.8 Å². The molecule has 158 valence electrons. The fourth-order valence-electron chi connectivity index (χ4n) is 3.73. The van der Waals surface area contributed by atoms with Crippen molar-refractivity contribution < 1.29 is 0 Å². The molecule has 2 aromatic rings. The van der Waals surface area contributed by atoms with Gasteiger partial charge in [-0.3, -0.25) is 4.99 Å². The smallest absolute Gasteiger partial charge is 0.194 e. The molecule has 0 saturated carbocycles. The van der Waals surface area contributed by atoms with E-state index in [0.717, 1.165) is 50.3 Å². The molecule has 1 N–H and O–H groups in total. The normalized spacial score (nSPS) is 15.1. The molecule has 1 aromatic carbocycles. The monoisotopic (exact) mass is 508 g/mol. The first kappa shape index (κ1) is 23.4. The Bertz CT molecular complexity index is 750. The first-order chi connectivity index (χ1) is 13.8. The van der Waals surface area contributed by atoms with E-state index in [-0.39, 0.29) is 24.0 Å². The molecule has 0 bridgehead atoms. The number of halogens is 1. The Balaban J connectivity index is 0.00000300. The third-order valence-electron chi connectivity index (χ3n) is 5.30.